The summed E-state index contributed by atoms with van der Waals surface area (Å²) >= 11 is 4.06. The molecule has 0 saturated heterocycles. The summed E-state index contributed by atoms with van der Waals surface area (Å²) in [5.74, 6) is 0.819. The highest BCUT2D eigenvalue weighted by atomic mass is 32.1. The van der Waals surface area contributed by atoms with Crippen LogP contribution in [-0.2, 0) is 0 Å². The molecule has 50 valence electrons. The molecule has 0 bridgehead atoms. The first-order chi connectivity index (χ1) is 3.81. The smallest absolute Gasteiger partial charge is 0.0127 e. The van der Waals surface area contributed by atoms with Gasteiger partial charge in [-0.05, 0) is 6.42 Å². The Morgan fingerprint density at radius 2 is 2.25 bits per heavy atom. The first kappa shape index (κ1) is 8.31. The molecule has 0 heterocycles. The molecule has 0 aliphatic heterocycles. The number of rotatable bonds is 4. The number of hydrogen-bond acceptors (Lipinski definition) is 2. The van der Waals surface area contributed by atoms with Gasteiger partial charge in [0.05, 0.1) is 0 Å². The molecule has 0 saturated carbocycles. The Labute approximate surface area is 57.1 Å². The van der Waals surface area contributed by atoms with Crippen LogP contribution < -0.4 is 5.73 Å². The largest absolute Gasteiger partial charge is 0.327 e. The van der Waals surface area contributed by atoms with Gasteiger partial charge in [0.1, 0.15) is 0 Å². The van der Waals surface area contributed by atoms with Crippen molar-refractivity contribution in [1.29, 1.82) is 0 Å². The van der Waals surface area contributed by atoms with Crippen molar-refractivity contribution in [2.75, 3.05) is 5.75 Å². The number of unbranched alkanes of at least 4 members (excludes halogenated alkanes) is 1. The summed E-state index contributed by atoms with van der Waals surface area (Å²) in [5.41, 5.74) is 5.58. The van der Waals surface area contributed by atoms with Crippen molar-refractivity contribution in [3.05, 3.63) is 0 Å². The second kappa shape index (κ2) is 5.45. The highest BCUT2D eigenvalue weighted by Gasteiger charge is 1.95. The minimum Gasteiger partial charge on any atom is -0.327 e. The highest BCUT2D eigenvalue weighted by molar-refractivity contribution is 7.80. The van der Waals surface area contributed by atoms with Crippen LogP contribution in [0.1, 0.15) is 26.2 Å². The predicted molar refractivity (Wildman–Crippen MR) is 41.4 cm³/mol. The van der Waals surface area contributed by atoms with E-state index in [0.29, 0.717) is 6.04 Å². The minimum atomic E-state index is 0.318. The third-order valence-corrected chi connectivity index (χ3v) is 1.63. The molecular weight excluding hydrogens is 118 g/mol. The predicted octanol–water partition coefficient (Wildman–Crippen LogP) is 1.43. The first-order valence-corrected chi connectivity index (χ1v) is 3.81. The summed E-state index contributed by atoms with van der Waals surface area (Å²) in [7, 11) is 0. The molecule has 0 aliphatic carbocycles. The molecule has 2 N–H and O–H groups in total. The van der Waals surface area contributed by atoms with Crippen LogP contribution in [-0.4, -0.2) is 11.8 Å². The maximum absolute atomic E-state index is 5.58. The molecule has 0 amide bonds. The lowest BCUT2D eigenvalue weighted by molar-refractivity contribution is 0.623. The minimum absolute atomic E-state index is 0.318. The molecule has 2 heteroatoms. The van der Waals surface area contributed by atoms with E-state index in [0.717, 1.165) is 12.2 Å². The van der Waals surface area contributed by atoms with Gasteiger partial charge in [-0.3, -0.25) is 0 Å². The first-order valence-electron chi connectivity index (χ1n) is 3.17. The lowest BCUT2D eigenvalue weighted by Gasteiger charge is -2.04. The van der Waals surface area contributed by atoms with Crippen LogP contribution >= 0.6 is 12.6 Å². The van der Waals surface area contributed by atoms with Crippen LogP contribution in [0.5, 0.6) is 0 Å². The standard InChI is InChI=1S/C6H15NS/c1-2-3-4-6(7)5-8/h6,8H,2-5,7H2,1H3/t6-/m0/s1. The van der Waals surface area contributed by atoms with Gasteiger partial charge in [-0.2, -0.15) is 12.6 Å². The quantitative estimate of drug-likeness (QED) is 0.557. The van der Waals surface area contributed by atoms with Gasteiger partial charge in [-0.15, -0.1) is 0 Å². The molecule has 0 rings (SSSR count). The van der Waals surface area contributed by atoms with Crippen molar-refractivity contribution in [3.63, 3.8) is 0 Å². The third-order valence-electron chi connectivity index (χ3n) is 1.16. The van der Waals surface area contributed by atoms with Crippen molar-refractivity contribution in [1.82, 2.24) is 0 Å². The van der Waals surface area contributed by atoms with Crippen LogP contribution in [0.2, 0.25) is 0 Å². The SMILES string of the molecule is CCCC[C@H](N)CS. The van der Waals surface area contributed by atoms with E-state index in [-0.39, 0.29) is 0 Å². The number of hydrogen-bond donors (Lipinski definition) is 2. The Kier molecular flexibility index (Phi) is 5.66. The zero-order valence-corrected chi connectivity index (χ0v) is 6.32. The van der Waals surface area contributed by atoms with E-state index in [1.165, 1.54) is 12.8 Å². The van der Waals surface area contributed by atoms with Crippen LogP contribution in [0.3, 0.4) is 0 Å². The van der Waals surface area contributed by atoms with Crippen molar-refractivity contribution >= 4 is 12.6 Å². The van der Waals surface area contributed by atoms with Gasteiger partial charge in [0.15, 0.2) is 0 Å². The van der Waals surface area contributed by atoms with E-state index >= 15 is 0 Å². The Morgan fingerprint density at radius 1 is 1.62 bits per heavy atom. The fourth-order valence-electron chi connectivity index (χ4n) is 0.558. The van der Waals surface area contributed by atoms with Gasteiger partial charge >= 0.3 is 0 Å². The highest BCUT2D eigenvalue weighted by Crippen LogP contribution is 1.98. The summed E-state index contributed by atoms with van der Waals surface area (Å²) in [6.45, 7) is 2.17. The average Bonchev–Trinajstić information content (AvgIpc) is 1.83. The number of nitrogens with two attached hydrogens (primary N) is 1. The molecule has 1 atom stereocenters. The normalized spacial score (nSPS) is 13.9. The molecule has 0 aromatic rings. The summed E-state index contributed by atoms with van der Waals surface area (Å²) in [4.78, 5) is 0. The second-order valence-electron chi connectivity index (χ2n) is 2.08. The molecule has 1 nitrogen and oxygen atoms in total. The van der Waals surface area contributed by atoms with Gasteiger partial charge in [0, 0.05) is 11.8 Å². The molecule has 0 aromatic heterocycles. The summed E-state index contributed by atoms with van der Waals surface area (Å²) in [5, 5.41) is 0. The van der Waals surface area contributed by atoms with Gasteiger partial charge in [-0.1, -0.05) is 19.8 Å². The molecule has 0 spiro atoms. The van der Waals surface area contributed by atoms with E-state index in [9.17, 15) is 0 Å². The fourth-order valence-corrected chi connectivity index (χ4v) is 0.740. The van der Waals surface area contributed by atoms with E-state index < -0.39 is 0 Å². The zero-order valence-electron chi connectivity index (χ0n) is 5.43. The Balaban J connectivity index is 2.86. The topological polar surface area (TPSA) is 26.0 Å². The van der Waals surface area contributed by atoms with E-state index in [2.05, 4.69) is 19.6 Å². The van der Waals surface area contributed by atoms with Gasteiger partial charge in [-0.25, -0.2) is 0 Å². The molecule has 0 aromatic carbocycles. The van der Waals surface area contributed by atoms with Crippen molar-refractivity contribution in [2.45, 2.75) is 32.2 Å². The van der Waals surface area contributed by atoms with Gasteiger partial charge in [0.25, 0.3) is 0 Å². The monoisotopic (exact) mass is 133 g/mol. The lowest BCUT2D eigenvalue weighted by Crippen LogP contribution is -2.21. The Hall–Kier alpha value is 0.310. The van der Waals surface area contributed by atoms with Gasteiger partial charge < -0.3 is 5.73 Å². The average molecular weight is 133 g/mol. The Morgan fingerprint density at radius 3 is 2.62 bits per heavy atom. The molecule has 0 radical (unpaired) electrons. The van der Waals surface area contributed by atoms with Crippen LogP contribution in [0.4, 0.5) is 0 Å². The van der Waals surface area contributed by atoms with Crippen LogP contribution in [0.15, 0.2) is 0 Å². The van der Waals surface area contributed by atoms with E-state index in [1.807, 2.05) is 0 Å². The lowest BCUT2D eigenvalue weighted by atomic mass is 10.2. The second-order valence-corrected chi connectivity index (χ2v) is 2.45. The van der Waals surface area contributed by atoms with Gasteiger partial charge in [0.2, 0.25) is 0 Å². The molecule has 8 heavy (non-hydrogen) atoms. The summed E-state index contributed by atoms with van der Waals surface area (Å²) in [6, 6.07) is 0.318. The maximum Gasteiger partial charge on any atom is 0.0127 e. The molecule has 0 aliphatic rings. The molecule has 0 fully saturated rings. The fraction of sp³-hybridized carbons (Fsp3) is 1.00. The van der Waals surface area contributed by atoms with Crippen LogP contribution in [0.25, 0.3) is 0 Å². The van der Waals surface area contributed by atoms with E-state index in [4.69, 9.17) is 5.73 Å². The summed E-state index contributed by atoms with van der Waals surface area (Å²) in [6.07, 6.45) is 3.60. The summed E-state index contributed by atoms with van der Waals surface area (Å²) < 4.78 is 0. The number of thiol groups is 1. The third kappa shape index (κ3) is 4.47. The molecular formula is C6H15NS. The Bertz CT molecular complexity index is 47.8. The van der Waals surface area contributed by atoms with E-state index in [1.54, 1.807) is 0 Å². The maximum atomic E-state index is 5.58. The van der Waals surface area contributed by atoms with Crippen molar-refractivity contribution in [2.24, 2.45) is 5.73 Å². The molecule has 0 unspecified atom stereocenters. The van der Waals surface area contributed by atoms with Crippen molar-refractivity contribution < 1.29 is 0 Å². The van der Waals surface area contributed by atoms with Crippen molar-refractivity contribution in [3.8, 4) is 0 Å². The van der Waals surface area contributed by atoms with Crippen LogP contribution in [0, 0.1) is 0 Å². The zero-order chi connectivity index (χ0) is 6.41.